The smallest absolute Gasteiger partial charge is 0.303 e. The Hall–Kier alpha value is -1.89. The summed E-state index contributed by atoms with van der Waals surface area (Å²) in [6.07, 6.45) is 1.11. The highest BCUT2D eigenvalue weighted by atomic mass is 32.2. The molecule has 6 nitrogen and oxygen atoms in total. The summed E-state index contributed by atoms with van der Waals surface area (Å²) in [6.45, 7) is 5.18. The van der Waals surface area contributed by atoms with Crippen LogP contribution in [-0.2, 0) is 25.8 Å². The van der Waals surface area contributed by atoms with Crippen molar-refractivity contribution in [1.82, 2.24) is 5.32 Å². The van der Waals surface area contributed by atoms with Crippen molar-refractivity contribution in [3.63, 3.8) is 0 Å². The van der Waals surface area contributed by atoms with E-state index in [-0.39, 0.29) is 29.4 Å². The van der Waals surface area contributed by atoms with E-state index in [0.29, 0.717) is 12.8 Å². The highest BCUT2D eigenvalue weighted by molar-refractivity contribution is 7.91. The van der Waals surface area contributed by atoms with Crippen LogP contribution >= 0.6 is 0 Å². The summed E-state index contributed by atoms with van der Waals surface area (Å²) >= 11 is 0. The summed E-state index contributed by atoms with van der Waals surface area (Å²) in [5.74, 6) is -0.990. The molecule has 0 saturated carbocycles. The van der Waals surface area contributed by atoms with Gasteiger partial charge in [0.25, 0.3) is 0 Å². The van der Waals surface area contributed by atoms with Gasteiger partial charge in [-0.25, -0.2) is 8.42 Å². The highest BCUT2D eigenvalue weighted by Crippen LogP contribution is 2.15. The van der Waals surface area contributed by atoms with Gasteiger partial charge < -0.3 is 10.4 Å². The summed E-state index contributed by atoms with van der Waals surface area (Å²) in [4.78, 5) is 22.9. The van der Waals surface area contributed by atoms with Crippen LogP contribution in [0.25, 0.3) is 0 Å². The third kappa shape index (κ3) is 6.70. The van der Waals surface area contributed by atoms with E-state index in [1.165, 1.54) is 0 Å². The zero-order valence-electron chi connectivity index (χ0n) is 14.3. The molecule has 0 aliphatic heterocycles. The summed E-state index contributed by atoms with van der Waals surface area (Å²) in [5.41, 5.74) is 0.303. The van der Waals surface area contributed by atoms with E-state index in [1.54, 1.807) is 45.0 Å². The van der Waals surface area contributed by atoms with E-state index in [9.17, 15) is 18.0 Å². The summed E-state index contributed by atoms with van der Waals surface area (Å²) < 4.78 is 23.5. The molecule has 0 bridgehead atoms. The number of sulfone groups is 1. The number of carboxylic acid groups (broad SMARTS) is 1. The first-order chi connectivity index (χ1) is 11.1. The first-order valence-corrected chi connectivity index (χ1v) is 9.55. The van der Waals surface area contributed by atoms with E-state index in [0.717, 1.165) is 5.56 Å². The molecule has 1 amide bonds. The van der Waals surface area contributed by atoms with Gasteiger partial charge in [-0.1, -0.05) is 19.1 Å². The van der Waals surface area contributed by atoms with E-state index in [1.807, 2.05) is 0 Å². The fraction of sp³-hybridized carbons (Fsp3) is 0.529. The number of benzene rings is 1. The van der Waals surface area contributed by atoms with Crippen LogP contribution < -0.4 is 5.32 Å². The molecule has 134 valence electrons. The van der Waals surface area contributed by atoms with Crippen LogP contribution in [0.3, 0.4) is 0 Å². The molecule has 0 aliphatic rings. The number of carbonyl (C=O) groups is 2. The normalized spacial score (nSPS) is 12.0. The van der Waals surface area contributed by atoms with Crippen molar-refractivity contribution < 1.29 is 23.1 Å². The van der Waals surface area contributed by atoms with Crippen LogP contribution in [0.1, 0.15) is 45.6 Å². The predicted molar refractivity (Wildman–Crippen MR) is 91.6 cm³/mol. The largest absolute Gasteiger partial charge is 0.481 e. The summed E-state index contributed by atoms with van der Waals surface area (Å²) in [7, 11) is -3.21. The van der Waals surface area contributed by atoms with Gasteiger partial charge in [0.1, 0.15) is 0 Å². The average molecular weight is 355 g/mol. The molecule has 1 aromatic rings. The van der Waals surface area contributed by atoms with Gasteiger partial charge >= 0.3 is 5.97 Å². The minimum Gasteiger partial charge on any atom is -0.481 e. The standard InChI is InChI=1S/C17H25NO5S/c1-4-24(22,23)14-8-5-13(6-9-14)7-10-15(19)18-17(2,3)12-11-16(20)21/h5-6,8-9H,4,7,10-12H2,1-3H3,(H,18,19)(H,20,21). The minimum absolute atomic E-state index is 0.000639. The third-order valence-electron chi connectivity index (χ3n) is 3.74. The maximum absolute atomic E-state index is 12.0. The highest BCUT2D eigenvalue weighted by Gasteiger charge is 2.21. The van der Waals surface area contributed by atoms with Crippen LogP contribution in [-0.4, -0.2) is 36.7 Å². The maximum atomic E-state index is 12.0. The number of carbonyl (C=O) groups excluding carboxylic acids is 1. The molecule has 1 rings (SSSR count). The summed E-state index contributed by atoms with van der Waals surface area (Å²) in [6, 6.07) is 6.54. The first-order valence-electron chi connectivity index (χ1n) is 7.90. The number of aliphatic carboxylic acids is 1. The molecule has 1 aromatic carbocycles. The molecule has 0 saturated heterocycles. The topological polar surface area (TPSA) is 101 Å². The van der Waals surface area contributed by atoms with Crippen molar-refractivity contribution in [2.75, 3.05) is 5.75 Å². The number of rotatable bonds is 9. The second-order valence-electron chi connectivity index (χ2n) is 6.37. The van der Waals surface area contributed by atoms with Crippen molar-refractivity contribution in [3.05, 3.63) is 29.8 Å². The molecule has 0 aromatic heterocycles. The first kappa shape index (κ1) is 20.2. The van der Waals surface area contributed by atoms with E-state index >= 15 is 0 Å². The number of nitrogens with one attached hydrogen (secondary N) is 1. The zero-order valence-corrected chi connectivity index (χ0v) is 15.1. The van der Waals surface area contributed by atoms with Gasteiger partial charge in [0, 0.05) is 18.4 Å². The zero-order chi connectivity index (χ0) is 18.4. The van der Waals surface area contributed by atoms with Crippen molar-refractivity contribution in [3.8, 4) is 0 Å². The van der Waals surface area contributed by atoms with Gasteiger partial charge in [0.15, 0.2) is 9.84 Å². The molecule has 2 N–H and O–H groups in total. The third-order valence-corrected chi connectivity index (χ3v) is 5.50. The lowest BCUT2D eigenvalue weighted by Crippen LogP contribution is -2.43. The van der Waals surface area contributed by atoms with E-state index < -0.39 is 21.3 Å². The number of aryl methyl sites for hydroxylation is 1. The van der Waals surface area contributed by atoms with Gasteiger partial charge in [0.2, 0.25) is 5.91 Å². The number of amides is 1. The molecule has 0 heterocycles. The molecule has 0 unspecified atom stereocenters. The number of hydrogen-bond donors (Lipinski definition) is 2. The van der Waals surface area contributed by atoms with Gasteiger partial charge in [-0.3, -0.25) is 9.59 Å². The van der Waals surface area contributed by atoms with Gasteiger partial charge in [-0.15, -0.1) is 0 Å². The van der Waals surface area contributed by atoms with Crippen molar-refractivity contribution in [1.29, 1.82) is 0 Å². The Labute approximate surface area is 143 Å². The second-order valence-corrected chi connectivity index (χ2v) is 8.65. The molecule has 0 aliphatic carbocycles. The Morgan fingerprint density at radius 3 is 2.21 bits per heavy atom. The molecular formula is C17H25NO5S. The second kappa shape index (κ2) is 8.28. The van der Waals surface area contributed by atoms with Crippen LogP contribution in [0.4, 0.5) is 0 Å². The van der Waals surface area contributed by atoms with Crippen molar-refractivity contribution in [2.24, 2.45) is 0 Å². The van der Waals surface area contributed by atoms with Crippen molar-refractivity contribution in [2.45, 2.75) is 56.9 Å². The fourth-order valence-corrected chi connectivity index (χ4v) is 3.09. The molecular weight excluding hydrogens is 330 g/mol. The molecule has 0 spiro atoms. The molecule has 7 heteroatoms. The molecule has 0 fully saturated rings. The van der Waals surface area contributed by atoms with Crippen LogP contribution in [0, 0.1) is 0 Å². The van der Waals surface area contributed by atoms with Crippen LogP contribution in [0.2, 0.25) is 0 Å². The van der Waals surface area contributed by atoms with Gasteiger partial charge in [0.05, 0.1) is 10.6 Å². The van der Waals surface area contributed by atoms with Crippen LogP contribution in [0.15, 0.2) is 29.2 Å². The minimum atomic E-state index is -3.21. The Morgan fingerprint density at radius 1 is 1.12 bits per heavy atom. The quantitative estimate of drug-likeness (QED) is 0.707. The molecule has 24 heavy (non-hydrogen) atoms. The maximum Gasteiger partial charge on any atom is 0.303 e. The molecule has 0 radical (unpaired) electrons. The predicted octanol–water partition coefficient (Wildman–Crippen LogP) is 2.17. The van der Waals surface area contributed by atoms with E-state index in [2.05, 4.69) is 5.32 Å². The Bertz CT molecular complexity index is 677. The number of hydrogen-bond acceptors (Lipinski definition) is 4. The Morgan fingerprint density at radius 2 is 1.71 bits per heavy atom. The summed E-state index contributed by atoms with van der Waals surface area (Å²) in [5, 5.41) is 11.5. The lowest BCUT2D eigenvalue weighted by Gasteiger charge is -2.25. The monoisotopic (exact) mass is 355 g/mol. The van der Waals surface area contributed by atoms with Gasteiger partial charge in [-0.2, -0.15) is 0 Å². The number of carboxylic acids is 1. The van der Waals surface area contributed by atoms with E-state index in [4.69, 9.17) is 5.11 Å². The fourth-order valence-electron chi connectivity index (χ4n) is 2.21. The lowest BCUT2D eigenvalue weighted by atomic mass is 9.98. The lowest BCUT2D eigenvalue weighted by molar-refractivity contribution is -0.137. The average Bonchev–Trinajstić information content (AvgIpc) is 2.51. The van der Waals surface area contributed by atoms with Crippen LogP contribution in [0.5, 0.6) is 0 Å². The van der Waals surface area contributed by atoms with Crippen molar-refractivity contribution >= 4 is 21.7 Å². The Kier molecular flexibility index (Phi) is 6.95. The van der Waals surface area contributed by atoms with Gasteiger partial charge in [-0.05, 0) is 44.4 Å². The SMILES string of the molecule is CCS(=O)(=O)c1ccc(CCC(=O)NC(C)(C)CCC(=O)O)cc1. The molecule has 0 atom stereocenters. The Balaban J connectivity index is 2.54.